The number of carbonyl (C=O) groups excluding carboxylic acids is 1. The zero-order valence-corrected chi connectivity index (χ0v) is 21.1. The van der Waals surface area contributed by atoms with E-state index in [0.29, 0.717) is 44.9 Å². The first-order valence-electron chi connectivity index (χ1n) is 11.6. The molecule has 6 rings (SSSR count). The van der Waals surface area contributed by atoms with Gasteiger partial charge in [-0.05, 0) is 46.7 Å². The number of carbonyl (C=O) groups is 1. The Bertz CT molecular complexity index is 1780. The fourth-order valence-electron chi connectivity index (χ4n) is 4.12. The van der Waals surface area contributed by atoms with Gasteiger partial charge < -0.3 is 10.3 Å². The summed E-state index contributed by atoms with van der Waals surface area (Å²) < 4.78 is 16.0. The van der Waals surface area contributed by atoms with E-state index < -0.39 is 11.2 Å². The molecule has 184 valence electrons. The van der Waals surface area contributed by atoms with Crippen LogP contribution in [0.4, 0.5) is 10.1 Å². The summed E-state index contributed by atoms with van der Waals surface area (Å²) in [4.78, 5) is 28.9. The lowest BCUT2D eigenvalue weighted by atomic mass is 9.95. The molecule has 0 radical (unpaired) electrons. The molecule has 8 nitrogen and oxygen atoms in total. The molecule has 0 unspecified atom stereocenters. The molecule has 1 amide bonds. The second-order valence-electron chi connectivity index (χ2n) is 9.74. The van der Waals surface area contributed by atoms with Gasteiger partial charge in [0.25, 0.3) is 0 Å². The van der Waals surface area contributed by atoms with Crippen LogP contribution in [0.1, 0.15) is 20.8 Å². The number of hydrogen-bond acceptors (Lipinski definition) is 6. The van der Waals surface area contributed by atoms with Gasteiger partial charge in [-0.1, -0.05) is 20.8 Å². The van der Waals surface area contributed by atoms with Crippen LogP contribution >= 0.6 is 11.3 Å². The van der Waals surface area contributed by atoms with E-state index in [9.17, 15) is 4.79 Å². The van der Waals surface area contributed by atoms with Crippen molar-refractivity contribution < 1.29 is 9.18 Å². The van der Waals surface area contributed by atoms with Crippen LogP contribution < -0.4 is 5.32 Å². The Morgan fingerprint density at radius 1 is 1.08 bits per heavy atom. The van der Waals surface area contributed by atoms with E-state index in [-0.39, 0.29) is 5.91 Å². The Morgan fingerprint density at radius 2 is 1.95 bits per heavy atom. The number of thiophene rings is 1. The maximum absolute atomic E-state index is 16.0. The number of anilines is 1. The van der Waals surface area contributed by atoms with Crippen molar-refractivity contribution in [2.45, 2.75) is 20.8 Å². The molecule has 5 heterocycles. The van der Waals surface area contributed by atoms with E-state index in [1.54, 1.807) is 48.1 Å². The largest absolute Gasteiger partial charge is 0.335 e. The summed E-state index contributed by atoms with van der Waals surface area (Å²) in [5, 5.41) is 14.5. The van der Waals surface area contributed by atoms with E-state index in [2.05, 4.69) is 40.8 Å². The summed E-state index contributed by atoms with van der Waals surface area (Å²) in [5.41, 5.74) is 4.98. The third-order valence-electron chi connectivity index (χ3n) is 6.10. The van der Waals surface area contributed by atoms with Crippen LogP contribution in [0.2, 0.25) is 0 Å². The zero-order chi connectivity index (χ0) is 25.7. The minimum absolute atomic E-state index is 0.153. The van der Waals surface area contributed by atoms with Crippen molar-refractivity contribution in [3.05, 3.63) is 65.5 Å². The first-order chi connectivity index (χ1) is 17.8. The van der Waals surface area contributed by atoms with Crippen LogP contribution in [0, 0.1) is 11.2 Å². The lowest BCUT2D eigenvalue weighted by Gasteiger charge is -2.17. The average molecular weight is 512 g/mol. The molecule has 0 spiro atoms. The number of fused-ring (bicyclic) bond motifs is 2. The highest BCUT2D eigenvalue weighted by Gasteiger charge is 2.23. The molecule has 1 aromatic carbocycles. The van der Waals surface area contributed by atoms with Crippen LogP contribution in [0.5, 0.6) is 0 Å². The molecule has 0 aliphatic carbocycles. The lowest BCUT2D eigenvalue weighted by molar-refractivity contribution is -0.123. The van der Waals surface area contributed by atoms with Crippen molar-refractivity contribution in [3.63, 3.8) is 0 Å². The molecule has 10 heteroatoms. The number of amides is 1. The van der Waals surface area contributed by atoms with Gasteiger partial charge in [0.1, 0.15) is 11.5 Å². The summed E-state index contributed by atoms with van der Waals surface area (Å²) in [7, 11) is 0. The maximum Gasteiger partial charge on any atom is 0.229 e. The molecule has 0 bridgehead atoms. The Hall–Kier alpha value is -4.44. The number of pyridine rings is 2. The van der Waals surface area contributed by atoms with Gasteiger partial charge in [0.15, 0.2) is 11.5 Å². The number of aromatic amines is 2. The lowest BCUT2D eigenvalue weighted by Crippen LogP contribution is -2.27. The second kappa shape index (κ2) is 8.59. The molecule has 5 aromatic heterocycles. The third-order valence-corrected chi connectivity index (χ3v) is 6.79. The molecule has 3 N–H and O–H groups in total. The summed E-state index contributed by atoms with van der Waals surface area (Å²) in [5.74, 6) is -0.203. The number of nitrogens with one attached hydrogen (secondary N) is 3. The fourth-order valence-corrected chi connectivity index (χ4v) is 4.78. The van der Waals surface area contributed by atoms with E-state index in [4.69, 9.17) is 0 Å². The second-order valence-corrected chi connectivity index (χ2v) is 10.5. The van der Waals surface area contributed by atoms with Crippen LogP contribution in [0.3, 0.4) is 0 Å². The molecule has 0 saturated carbocycles. The standard InChI is InChI=1S/C27H22FN7OS/c1-27(2,3)26(36)31-16-10-15(11-29-12-16)17-4-5-19-20(21(17)28)23(35-34-19)25-32-22-18(14-7-9-37-13-14)6-8-30-24(22)33-25/h4-13H,1-3H3,(H,31,36)(H,34,35)(H,30,32,33). The number of imidazole rings is 1. The van der Waals surface area contributed by atoms with Crippen molar-refractivity contribution in [1.82, 2.24) is 30.1 Å². The van der Waals surface area contributed by atoms with Crippen molar-refractivity contribution >= 4 is 45.0 Å². The molecule has 0 aliphatic rings. The van der Waals surface area contributed by atoms with Crippen LogP contribution in [-0.2, 0) is 4.79 Å². The molecular weight excluding hydrogens is 489 g/mol. The van der Waals surface area contributed by atoms with Gasteiger partial charge in [-0.3, -0.25) is 14.9 Å². The van der Waals surface area contributed by atoms with Crippen molar-refractivity contribution in [3.8, 4) is 33.8 Å². The zero-order valence-electron chi connectivity index (χ0n) is 20.3. The van der Waals surface area contributed by atoms with Crippen LogP contribution in [0.25, 0.3) is 55.8 Å². The van der Waals surface area contributed by atoms with E-state index in [0.717, 1.165) is 16.6 Å². The molecule has 0 fully saturated rings. The molecule has 0 atom stereocenters. The normalized spacial score (nSPS) is 11.9. The third kappa shape index (κ3) is 4.05. The van der Waals surface area contributed by atoms with Gasteiger partial charge in [0, 0.05) is 34.5 Å². The van der Waals surface area contributed by atoms with Gasteiger partial charge >= 0.3 is 0 Å². The number of benzene rings is 1. The predicted molar refractivity (Wildman–Crippen MR) is 144 cm³/mol. The minimum Gasteiger partial charge on any atom is -0.335 e. The summed E-state index contributed by atoms with van der Waals surface area (Å²) >= 11 is 1.61. The number of H-pyrrole nitrogens is 2. The minimum atomic E-state index is -0.573. The van der Waals surface area contributed by atoms with Crippen molar-refractivity contribution in [1.29, 1.82) is 0 Å². The Balaban J connectivity index is 1.44. The van der Waals surface area contributed by atoms with Gasteiger partial charge in [-0.15, -0.1) is 0 Å². The highest BCUT2D eigenvalue weighted by Crippen LogP contribution is 2.35. The Labute approximate surface area is 215 Å². The predicted octanol–water partition coefficient (Wildman–Crippen LogP) is 6.42. The van der Waals surface area contributed by atoms with Crippen molar-refractivity contribution in [2.24, 2.45) is 5.41 Å². The highest BCUT2D eigenvalue weighted by atomic mass is 32.1. The number of aromatic nitrogens is 6. The molecule has 37 heavy (non-hydrogen) atoms. The van der Waals surface area contributed by atoms with Gasteiger partial charge in [-0.25, -0.2) is 14.4 Å². The fraction of sp³-hybridized carbons (Fsp3) is 0.148. The number of hydrogen-bond donors (Lipinski definition) is 3. The van der Waals surface area contributed by atoms with Crippen LogP contribution in [-0.4, -0.2) is 36.0 Å². The first-order valence-corrected chi connectivity index (χ1v) is 12.5. The summed E-state index contributed by atoms with van der Waals surface area (Å²) in [6.45, 7) is 5.47. The highest BCUT2D eigenvalue weighted by molar-refractivity contribution is 7.08. The van der Waals surface area contributed by atoms with Gasteiger partial charge in [-0.2, -0.15) is 16.4 Å². The SMILES string of the molecule is CC(C)(C)C(=O)Nc1cncc(-c2ccc3[nH]nc(-c4nc5nccc(-c6ccsc6)c5[nH]4)c3c2F)c1. The number of nitrogens with zero attached hydrogens (tertiary/aromatic N) is 4. The topological polar surface area (TPSA) is 112 Å². The van der Waals surface area contributed by atoms with Crippen molar-refractivity contribution in [2.75, 3.05) is 5.32 Å². The number of halogens is 1. The average Bonchev–Trinajstić information content (AvgIpc) is 3.63. The number of rotatable bonds is 4. The van der Waals surface area contributed by atoms with E-state index >= 15 is 4.39 Å². The van der Waals surface area contributed by atoms with Gasteiger partial charge in [0.2, 0.25) is 5.91 Å². The molecule has 0 aliphatic heterocycles. The smallest absolute Gasteiger partial charge is 0.229 e. The molecular formula is C27H22FN7OS. The summed E-state index contributed by atoms with van der Waals surface area (Å²) in [6.07, 6.45) is 4.81. The molecule has 0 saturated heterocycles. The van der Waals surface area contributed by atoms with Crippen LogP contribution in [0.15, 0.2) is 59.7 Å². The summed E-state index contributed by atoms with van der Waals surface area (Å²) in [6, 6.07) is 9.09. The Kier molecular flexibility index (Phi) is 5.34. The quantitative estimate of drug-likeness (QED) is 0.253. The first kappa shape index (κ1) is 23.0. The van der Waals surface area contributed by atoms with Gasteiger partial charge in [0.05, 0.1) is 28.3 Å². The monoisotopic (exact) mass is 511 g/mol. The van der Waals surface area contributed by atoms with E-state index in [1.165, 1.54) is 0 Å². The molecule has 6 aromatic rings. The maximum atomic E-state index is 16.0. The Morgan fingerprint density at radius 3 is 2.73 bits per heavy atom. The van der Waals surface area contributed by atoms with E-state index in [1.807, 2.05) is 38.3 Å².